The van der Waals surface area contributed by atoms with E-state index in [0.717, 1.165) is 4.90 Å². The summed E-state index contributed by atoms with van der Waals surface area (Å²) in [5.41, 5.74) is 0.792. The molecule has 0 bridgehead atoms. The Morgan fingerprint density at radius 3 is 2.81 bits per heavy atom. The van der Waals surface area contributed by atoms with Crippen LogP contribution in [0.1, 0.15) is 23.9 Å². The Morgan fingerprint density at radius 1 is 1.27 bits per heavy atom. The maximum absolute atomic E-state index is 13.0. The lowest BCUT2D eigenvalue weighted by Gasteiger charge is -2.22. The van der Waals surface area contributed by atoms with Crippen LogP contribution in [0.25, 0.3) is 5.69 Å². The van der Waals surface area contributed by atoms with Crippen molar-refractivity contribution in [3.8, 4) is 5.69 Å². The molecule has 3 aromatic rings. The number of benzene rings is 1. The van der Waals surface area contributed by atoms with Gasteiger partial charge >= 0.3 is 6.03 Å². The topological polar surface area (TPSA) is 119 Å². The third kappa shape index (κ3) is 2.51. The first-order valence-corrected chi connectivity index (χ1v) is 7.87. The highest BCUT2D eigenvalue weighted by Gasteiger charge is 2.49. The fourth-order valence-electron chi connectivity index (χ4n) is 2.92. The van der Waals surface area contributed by atoms with E-state index in [-0.39, 0.29) is 12.5 Å². The summed E-state index contributed by atoms with van der Waals surface area (Å²) in [6, 6.07) is 8.32. The summed E-state index contributed by atoms with van der Waals surface area (Å²) < 4.78 is 6.59. The van der Waals surface area contributed by atoms with Gasteiger partial charge in [0, 0.05) is 6.07 Å². The molecule has 0 saturated carbocycles. The molecule has 1 aromatic carbocycles. The predicted molar refractivity (Wildman–Crippen MR) is 86.8 cm³/mol. The molecule has 1 unspecified atom stereocenters. The third-order valence-corrected chi connectivity index (χ3v) is 4.30. The van der Waals surface area contributed by atoms with Crippen molar-refractivity contribution in [2.45, 2.75) is 25.9 Å². The summed E-state index contributed by atoms with van der Waals surface area (Å²) in [5.74, 6) is 0.0723. The zero-order valence-electron chi connectivity index (χ0n) is 14.1. The van der Waals surface area contributed by atoms with Crippen LogP contribution in [-0.4, -0.2) is 42.2 Å². The molecular formula is C16H15N7O3. The molecule has 1 atom stereocenters. The fraction of sp³-hybridized carbons (Fsp3) is 0.250. The first-order valence-electron chi connectivity index (χ1n) is 7.87. The number of carbonyl (C=O) groups is 2. The molecule has 132 valence electrons. The molecule has 4 rings (SSSR count). The van der Waals surface area contributed by atoms with E-state index in [1.807, 2.05) is 0 Å². The second-order valence-electron chi connectivity index (χ2n) is 6.19. The predicted octanol–water partition coefficient (Wildman–Crippen LogP) is 0.926. The number of amides is 3. The van der Waals surface area contributed by atoms with Crippen molar-refractivity contribution in [3.05, 3.63) is 53.7 Å². The van der Waals surface area contributed by atoms with E-state index in [1.54, 1.807) is 44.2 Å². The molecule has 26 heavy (non-hydrogen) atoms. The Kier molecular flexibility index (Phi) is 3.53. The number of urea groups is 1. The maximum Gasteiger partial charge on any atom is 0.325 e. The van der Waals surface area contributed by atoms with Gasteiger partial charge in [-0.15, -0.1) is 5.10 Å². The third-order valence-electron chi connectivity index (χ3n) is 4.30. The molecule has 3 amide bonds. The van der Waals surface area contributed by atoms with Crippen LogP contribution in [0, 0.1) is 6.92 Å². The van der Waals surface area contributed by atoms with Crippen LogP contribution in [0.5, 0.6) is 0 Å². The van der Waals surface area contributed by atoms with Crippen LogP contribution >= 0.6 is 0 Å². The molecule has 1 aliphatic heterocycles. The number of tetrazole rings is 1. The van der Waals surface area contributed by atoms with Crippen LogP contribution in [0.4, 0.5) is 4.79 Å². The first-order chi connectivity index (χ1) is 12.5. The minimum Gasteiger partial charge on any atom is -0.359 e. The number of nitrogens with zero attached hydrogens (tertiary/aromatic N) is 6. The Morgan fingerprint density at radius 2 is 2.12 bits per heavy atom. The monoisotopic (exact) mass is 353 g/mol. The average molecular weight is 353 g/mol. The van der Waals surface area contributed by atoms with Gasteiger partial charge in [0.15, 0.2) is 5.76 Å². The number of aryl methyl sites for hydroxylation is 1. The van der Waals surface area contributed by atoms with Gasteiger partial charge in [0.05, 0.1) is 17.9 Å². The molecule has 0 aliphatic carbocycles. The Hall–Kier alpha value is -3.56. The molecule has 3 heterocycles. The molecule has 0 radical (unpaired) electrons. The molecule has 1 saturated heterocycles. The number of hydrogen-bond acceptors (Lipinski definition) is 7. The maximum atomic E-state index is 13.0. The number of imide groups is 1. The van der Waals surface area contributed by atoms with Crippen molar-refractivity contribution in [2.75, 3.05) is 0 Å². The zero-order valence-corrected chi connectivity index (χ0v) is 14.1. The van der Waals surface area contributed by atoms with Crippen LogP contribution < -0.4 is 5.32 Å². The van der Waals surface area contributed by atoms with E-state index in [4.69, 9.17) is 4.52 Å². The highest BCUT2D eigenvalue weighted by atomic mass is 16.5. The quantitative estimate of drug-likeness (QED) is 0.693. The van der Waals surface area contributed by atoms with Gasteiger partial charge in [-0.2, -0.15) is 0 Å². The Bertz CT molecular complexity index is 981. The standard InChI is InChI=1S/C16H15N7O3/c1-10-6-13(26-19-10)8-22-14(24)16(2,18-15(22)25)11-4-3-5-12(7-11)23-9-17-20-21-23/h3-7,9H,8H2,1-2H3,(H,18,25). The van der Waals surface area contributed by atoms with Crippen molar-refractivity contribution in [1.82, 2.24) is 35.6 Å². The van der Waals surface area contributed by atoms with Gasteiger partial charge in [0.2, 0.25) is 0 Å². The summed E-state index contributed by atoms with van der Waals surface area (Å²) in [6.45, 7) is 3.46. The lowest BCUT2D eigenvalue weighted by atomic mass is 9.91. The highest BCUT2D eigenvalue weighted by Crippen LogP contribution is 2.30. The molecule has 1 fully saturated rings. The van der Waals surface area contributed by atoms with E-state index in [9.17, 15) is 9.59 Å². The molecular weight excluding hydrogens is 338 g/mol. The van der Waals surface area contributed by atoms with E-state index in [1.165, 1.54) is 11.0 Å². The molecule has 10 heteroatoms. The van der Waals surface area contributed by atoms with Crippen LogP contribution in [-0.2, 0) is 16.9 Å². The Balaban J connectivity index is 1.65. The van der Waals surface area contributed by atoms with Crippen LogP contribution in [0.2, 0.25) is 0 Å². The van der Waals surface area contributed by atoms with Crippen molar-refractivity contribution in [2.24, 2.45) is 0 Å². The SMILES string of the molecule is Cc1cc(CN2C(=O)NC(C)(c3cccc(-n4cnnn4)c3)C2=O)on1. The summed E-state index contributed by atoms with van der Waals surface area (Å²) in [5, 5.41) is 17.6. The first kappa shape index (κ1) is 15.9. The lowest BCUT2D eigenvalue weighted by Crippen LogP contribution is -2.40. The van der Waals surface area contributed by atoms with Crippen molar-refractivity contribution in [3.63, 3.8) is 0 Å². The van der Waals surface area contributed by atoms with E-state index < -0.39 is 11.6 Å². The molecule has 1 N–H and O–H groups in total. The zero-order chi connectivity index (χ0) is 18.3. The highest BCUT2D eigenvalue weighted by molar-refractivity contribution is 6.07. The number of hydrogen-bond donors (Lipinski definition) is 1. The number of aromatic nitrogens is 5. The van der Waals surface area contributed by atoms with Gasteiger partial charge in [0.1, 0.15) is 11.9 Å². The van der Waals surface area contributed by atoms with E-state index in [2.05, 4.69) is 26.0 Å². The van der Waals surface area contributed by atoms with E-state index >= 15 is 0 Å². The summed E-state index contributed by atoms with van der Waals surface area (Å²) >= 11 is 0. The van der Waals surface area contributed by atoms with Gasteiger partial charge in [-0.1, -0.05) is 17.3 Å². The smallest absolute Gasteiger partial charge is 0.325 e. The van der Waals surface area contributed by atoms with Gasteiger partial charge in [0.25, 0.3) is 5.91 Å². The van der Waals surface area contributed by atoms with Crippen molar-refractivity contribution < 1.29 is 14.1 Å². The second-order valence-corrected chi connectivity index (χ2v) is 6.19. The Labute approximate surface area is 147 Å². The van der Waals surface area contributed by atoms with Gasteiger partial charge in [-0.05, 0) is 42.0 Å². The molecule has 0 spiro atoms. The second kappa shape index (κ2) is 5.76. The number of rotatable bonds is 4. The minimum absolute atomic E-state index is 0.0216. The summed E-state index contributed by atoms with van der Waals surface area (Å²) in [4.78, 5) is 26.5. The average Bonchev–Trinajstić information content (AvgIpc) is 3.34. The lowest BCUT2D eigenvalue weighted by molar-refractivity contribution is -0.131. The van der Waals surface area contributed by atoms with Crippen LogP contribution in [0.15, 0.2) is 41.2 Å². The van der Waals surface area contributed by atoms with Gasteiger partial charge < -0.3 is 9.84 Å². The van der Waals surface area contributed by atoms with Gasteiger partial charge in [-0.25, -0.2) is 9.48 Å². The van der Waals surface area contributed by atoms with Crippen molar-refractivity contribution >= 4 is 11.9 Å². The molecule has 10 nitrogen and oxygen atoms in total. The van der Waals surface area contributed by atoms with Crippen LogP contribution in [0.3, 0.4) is 0 Å². The minimum atomic E-state index is -1.20. The molecule has 1 aliphatic rings. The van der Waals surface area contributed by atoms with Gasteiger partial charge in [-0.3, -0.25) is 9.69 Å². The normalized spacial score (nSPS) is 19.8. The number of carbonyl (C=O) groups excluding carboxylic acids is 2. The fourth-order valence-corrected chi connectivity index (χ4v) is 2.92. The summed E-state index contributed by atoms with van der Waals surface area (Å²) in [6.07, 6.45) is 1.45. The molecule has 2 aromatic heterocycles. The van der Waals surface area contributed by atoms with E-state index in [0.29, 0.717) is 22.7 Å². The van der Waals surface area contributed by atoms with Crippen molar-refractivity contribution in [1.29, 1.82) is 0 Å². The number of nitrogens with one attached hydrogen (secondary N) is 1. The summed E-state index contributed by atoms with van der Waals surface area (Å²) in [7, 11) is 0. The largest absolute Gasteiger partial charge is 0.359 e.